The van der Waals surface area contributed by atoms with E-state index < -0.39 is 0 Å². The van der Waals surface area contributed by atoms with Crippen LogP contribution in [0.3, 0.4) is 0 Å². The molecule has 0 bridgehead atoms. The van der Waals surface area contributed by atoms with E-state index in [0.717, 1.165) is 50.8 Å². The van der Waals surface area contributed by atoms with Crippen LogP contribution < -0.4 is 10.2 Å². The largest absolute Gasteiger partial charge is 0.380 e. The summed E-state index contributed by atoms with van der Waals surface area (Å²) in [4.78, 5) is 10.9. The summed E-state index contributed by atoms with van der Waals surface area (Å²) in [6, 6.07) is 0. The predicted molar refractivity (Wildman–Crippen MR) is 80.0 cm³/mol. The van der Waals surface area contributed by atoms with Gasteiger partial charge in [0.25, 0.3) is 0 Å². The van der Waals surface area contributed by atoms with E-state index in [2.05, 4.69) is 34.0 Å². The summed E-state index contributed by atoms with van der Waals surface area (Å²) in [5.74, 6) is 1.95. The molecule has 1 rings (SSSR count). The van der Waals surface area contributed by atoms with Crippen LogP contribution in [0.15, 0.2) is 6.33 Å². The van der Waals surface area contributed by atoms with Gasteiger partial charge in [-0.2, -0.15) is 0 Å². The van der Waals surface area contributed by atoms with Gasteiger partial charge in [-0.25, -0.2) is 9.97 Å². The van der Waals surface area contributed by atoms with Gasteiger partial charge in [-0.3, -0.25) is 0 Å². The zero-order chi connectivity index (χ0) is 14.1. The number of hydrogen-bond acceptors (Lipinski definition) is 5. The molecule has 0 aromatic carbocycles. The van der Waals surface area contributed by atoms with Gasteiger partial charge in [-0.1, -0.05) is 13.8 Å². The molecule has 108 valence electrons. The lowest BCUT2D eigenvalue weighted by atomic mass is 10.2. The Hall–Kier alpha value is -1.36. The summed E-state index contributed by atoms with van der Waals surface area (Å²) in [5, 5.41) is 3.37. The molecule has 1 aromatic rings. The number of anilines is 2. The number of hydrogen-bond donors (Lipinski definition) is 1. The molecule has 19 heavy (non-hydrogen) atoms. The van der Waals surface area contributed by atoms with E-state index in [1.54, 1.807) is 6.33 Å². The molecular formula is C14H26N4O. The lowest BCUT2D eigenvalue weighted by molar-refractivity contribution is 0.154. The van der Waals surface area contributed by atoms with Crippen LogP contribution >= 0.6 is 0 Å². The SMILES string of the molecule is CCCNc1ncnc(N(C)CCOCC)c1CC. The first-order valence-electron chi connectivity index (χ1n) is 7.11. The van der Waals surface area contributed by atoms with Gasteiger partial charge in [0.2, 0.25) is 0 Å². The van der Waals surface area contributed by atoms with Crippen LogP contribution in [0.4, 0.5) is 11.6 Å². The zero-order valence-electron chi connectivity index (χ0n) is 12.6. The summed E-state index contributed by atoms with van der Waals surface area (Å²) >= 11 is 0. The minimum atomic E-state index is 0.720. The molecule has 0 spiro atoms. The Bertz CT molecular complexity index is 370. The van der Waals surface area contributed by atoms with E-state index in [9.17, 15) is 0 Å². The predicted octanol–water partition coefficient (Wildman–Crippen LogP) is 2.33. The third kappa shape index (κ3) is 4.67. The quantitative estimate of drug-likeness (QED) is 0.695. The minimum Gasteiger partial charge on any atom is -0.380 e. The monoisotopic (exact) mass is 266 g/mol. The molecule has 0 unspecified atom stereocenters. The summed E-state index contributed by atoms with van der Waals surface area (Å²) in [6.07, 6.45) is 3.63. The van der Waals surface area contributed by atoms with Crippen molar-refractivity contribution in [2.45, 2.75) is 33.6 Å². The normalized spacial score (nSPS) is 10.5. The highest BCUT2D eigenvalue weighted by Gasteiger charge is 2.12. The highest BCUT2D eigenvalue weighted by Crippen LogP contribution is 2.22. The second kappa shape index (κ2) is 8.69. The first kappa shape index (κ1) is 15.7. The van der Waals surface area contributed by atoms with Crippen molar-refractivity contribution in [3.8, 4) is 0 Å². The molecule has 0 aliphatic carbocycles. The molecule has 5 heteroatoms. The second-order valence-corrected chi connectivity index (χ2v) is 4.42. The molecule has 5 nitrogen and oxygen atoms in total. The molecule has 0 saturated heterocycles. The fraction of sp³-hybridized carbons (Fsp3) is 0.714. The number of aromatic nitrogens is 2. The molecular weight excluding hydrogens is 240 g/mol. The average molecular weight is 266 g/mol. The lowest BCUT2D eigenvalue weighted by Crippen LogP contribution is -2.25. The van der Waals surface area contributed by atoms with Gasteiger partial charge in [0, 0.05) is 32.3 Å². The molecule has 1 N–H and O–H groups in total. The van der Waals surface area contributed by atoms with Gasteiger partial charge >= 0.3 is 0 Å². The van der Waals surface area contributed by atoms with Crippen LogP contribution in [0, 0.1) is 0 Å². The Labute approximate surface area is 116 Å². The van der Waals surface area contributed by atoms with Crippen LogP contribution in [-0.4, -0.2) is 43.3 Å². The van der Waals surface area contributed by atoms with Crippen molar-refractivity contribution in [3.05, 3.63) is 11.9 Å². The summed E-state index contributed by atoms with van der Waals surface area (Å²) in [6.45, 7) is 9.54. The first-order chi connectivity index (χ1) is 9.24. The average Bonchev–Trinajstić information content (AvgIpc) is 2.44. The fourth-order valence-corrected chi connectivity index (χ4v) is 1.90. The Morgan fingerprint density at radius 2 is 2.05 bits per heavy atom. The lowest BCUT2D eigenvalue weighted by Gasteiger charge is -2.22. The van der Waals surface area contributed by atoms with Crippen LogP contribution in [0.25, 0.3) is 0 Å². The summed E-state index contributed by atoms with van der Waals surface area (Å²) in [7, 11) is 2.05. The maximum Gasteiger partial charge on any atom is 0.137 e. The second-order valence-electron chi connectivity index (χ2n) is 4.42. The van der Waals surface area contributed by atoms with Crippen molar-refractivity contribution >= 4 is 11.6 Å². The van der Waals surface area contributed by atoms with E-state index in [1.807, 2.05) is 14.0 Å². The highest BCUT2D eigenvalue weighted by molar-refractivity contribution is 5.58. The molecule has 0 fully saturated rings. The van der Waals surface area contributed by atoms with E-state index in [-0.39, 0.29) is 0 Å². The third-order valence-corrected chi connectivity index (χ3v) is 2.96. The minimum absolute atomic E-state index is 0.720. The summed E-state index contributed by atoms with van der Waals surface area (Å²) < 4.78 is 5.39. The number of nitrogens with zero attached hydrogens (tertiary/aromatic N) is 3. The molecule has 0 radical (unpaired) electrons. The first-order valence-corrected chi connectivity index (χ1v) is 7.11. The number of likely N-dealkylation sites (N-methyl/N-ethyl adjacent to an activating group) is 1. The molecule has 0 amide bonds. The Morgan fingerprint density at radius 1 is 1.26 bits per heavy atom. The van der Waals surface area contributed by atoms with Gasteiger partial charge in [-0.05, 0) is 19.8 Å². The standard InChI is InChI=1S/C14H26N4O/c1-5-8-15-13-12(6-2)14(17-11-16-13)18(4)9-10-19-7-3/h11H,5-10H2,1-4H3,(H,15,16,17). The molecule has 0 aliphatic rings. The van der Waals surface area contributed by atoms with Crippen molar-refractivity contribution in [1.29, 1.82) is 0 Å². The smallest absolute Gasteiger partial charge is 0.137 e. The highest BCUT2D eigenvalue weighted by atomic mass is 16.5. The molecule has 1 heterocycles. The fourth-order valence-electron chi connectivity index (χ4n) is 1.90. The van der Waals surface area contributed by atoms with E-state index in [4.69, 9.17) is 4.74 Å². The number of ether oxygens (including phenoxy) is 1. The Balaban J connectivity index is 2.80. The maximum absolute atomic E-state index is 5.39. The van der Waals surface area contributed by atoms with Crippen LogP contribution in [-0.2, 0) is 11.2 Å². The molecule has 0 aliphatic heterocycles. The van der Waals surface area contributed by atoms with Gasteiger partial charge in [0.1, 0.15) is 18.0 Å². The van der Waals surface area contributed by atoms with Crippen LogP contribution in [0.5, 0.6) is 0 Å². The van der Waals surface area contributed by atoms with Gasteiger partial charge in [0.15, 0.2) is 0 Å². The van der Waals surface area contributed by atoms with E-state index >= 15 is 0 Å². The van der Waals surface area contributed by atoms with Crippen molar-refractivity contribution in [1.82, 2.24) is 9.97 Å². The molecule has 1 aromatic heterocycles. The van der Waals surface area contributed by atoms with Gasteiger partial charge in [-0.15, -0.1) is 0 Å². The van der Waals surface area contributed by atoms with Crippen LogP contribution in [0.2, 0.25) is 0 Å². The van der Waals surface area contributed by atoms with Crippen LogP contribution in [0.1, 0.15) is 32.8 Å². The van der Waals surface area contributed by atoms with Crippen molar-refractivity contribution in [2.24, 2.45) is 0 Å². The van der Waals surface area contributed by atoms with Crippen molar-refractivity contribution in [2.75, 3.05) is 43.6 Å². The maximum atomic E-state index is 5.39. The van der Waals surface area contributed by atoms with Crippen molar-refractivity contribution < 1.29 is 4.74 Å². The van der Waals surface area contributed by atoms with Crippen molar-refractivity contribution in [3.63, 3.8) is 0 Å². The third-order valence-electron chi connectivity index (χ3n) is 2.96. The van der Waals surface area contributed by atoms with E-state index in [1.165, 1.54) is 5.56 Å². The van der Waals surface area contributed by atoms with E-state index in [0.29, 0.717) is 0 Å². The molecule has 0 atom stereocenters. The summed E-state index contributed by atoms with van der Waals surface area (Å²) in [5.41, 5.74) is 1.18. The zero-order valence-corrected chi connectivity index (χ0v) is 12.6. The topological polar surface area (TPSA) is 50.3 Å². The Kier molecular flexibility index (Phi) is 7.18. The molecule has 0 saturated carbocycles. The Morgan fingerprint density at radius 3 is 2.68 bits per heavy atom. The van der Waals surface area contributed by atoms with Gasteiger partial charge in [0.05, 0.1) is 6.61 Å². The van der Waals surface area contributed by atoms with Gasteiger partial charge < -0.3 is 15.0 Å². The number of nitrogens with one attached hydrogen (secondary N) is 1. The number of rotatable bonds is 9.